The van der Waals surface area contributed by atoms with E-state index in [1.54, 1.807) is 13.4 Å². The quantitative estimate of drug-likeness (QED) is 0.606. The summed E-state index contributed by atoms with van der Waals surface area (Å²) in [6, 6.07) is 0.251. The van der Waals surface area contributed by atoms with Crippen molar-refractivity contribution in [2.45, 2.75) is 58.2 Å². The molecule has 1 aromatic heterocycles. The van der Waals surface area contributed by atoms with Crippen LogP contribution in [0.3, 0.4) is 0 Å². The molecule has 3 rings (SSSR count). The average Bonchev–Trinajstić information content (AvgIpc) is 3.39. The van der Waals surface area contributed by atoms with Gasteiger partial charge in [-0.25, -0.2) is 0 Å². The van der Waals surface area contributed by atoms with Crippen molar-refractivity contribution >= 4 is 11.9 Å². The third-order valence-electron chi connectivity index (χ3n) is 5.22. The van der Waals surface area contributed by atoms with Crippen LogP contribution in [0, 0.1) is 5.92 Å². The normalized spacial score (nSPS) is 21.8. The van der Waals surface area contributed by atoms with Crippen LogP contribution in [-0.2, 0) is 17.9 Å². The standard InChI is InChI=1S/C17H29N7O/c1-3-23-12-20-22-15(23)10-19-17(18-2)21-14-8-9-24(11-14)16(25)13-6-4-5-7-13/h12-14H,3-11H2,1-2H3,(H2,18,19,21). The Morgan fingerprint density at radius 3 is 2.88 bits per heavy atom. The SMILES string of the molecule is CCn1cnnc1CNC(=NC)NC1CCN(C(=O)C2CCCC2)C1. The molecule has 1 saturated carbocycles. The first kappa shape index (κ1) is 17.7. The fourth-order valence-electron chi connectivity index (χ4n) is 3.74. The number of aryl methyl sites for hydroxylation is 1. The number of rotatable bonds is 5. The molecular weight excluding hydrogens is 318 g/mol. The van der Waals surface area contributed by atoms with Gasteiger partial charge in [0.1, 0.15) is 6.33 Å². The molecule has 2 N–H and O–H groups in total. The molecule has 1 aliphatic carbocycles. The Labute approximate surface area is 149 Å². The number of nitrogens with one attached hydrogen (secondary N) is 2. The number of guanidine groups is 1. The van der Waals surface area contributed by atoms with E-state index in [-0.39, 0.29) is 12.0 Å². The molecule has 0 bridgehead atoms. The van der Waals surface area contributed by atoms with E-state index in [2.05, 4.69) is 32.7 Å². The maximum Gasteiger partial charge on any atom is 0.225 e. The van der Waals surface area contributed by atoms with Crippen molar-refractivity contribution in [3.8, 4) is 0 Å². The number of aromatic nitrogens is 3. The van der Waals surface area contributed by atoms with E-state index in [4.69, 9.17) is 0 Å². The number of aliphatic imine (C=N–C) groups is 1. The van der Waals surface area contributed by atoms with Crippen molar-refractivity contribution in [1.29, 1.82) is 0 Å². The lowest BCUT2D eigenvalue weighted by Crippen LogP contribution is -2.45. The molecule has 1 aliphatic heterocycles. The summed E-state index contributed by atoms with van der Waals surface area (Å²) in [5.74, 6) is 2.23. The van der Waals surface area contributed by atoms with E-state index < -0.39 is 0 Å². The zero-order chi connectivity index (χ0) is 17.6. The summed E-state index contributed by atoms with van der Waals surface area (Å²) < 4.78 is 2.00. The second-order valence-electron chi connectivity index (χ2n) is 6.85. The van der Waals surface area contributed by atoms with E-state index in [0.717, 1.165) is 50.7 Å². The van der Waals surface area contributed by atoms with E-state index in [0.29, 0.717) is 12.5 Å². The van der Waals surface area contributed by atoms with Crippen molar-refractivity contribution in [3.05, 3.63) is 12.2 Å². The zero-order valence-corrected chi connectivity index (χ0v) is 15.2. The van der Waals surface area contributed by atoms with E-state index >= 15 is 0 Å². The highest BCUT2D eigenvalue weighted by atomic mass is 16.2. The Morgan fingerprint density at radius 1 is 1.36 bits per heavy atom. The van der Waals surface area contributed by atoms with Gasteiger partial charge in [-0.05, 0) is 26.2 Å². The van der Waals surface area contributed by atoms with E-state index in [1.165, 1.54) is 12.8 Å². The minimum Gasteiger partial charge on any atom is -0.352 e. The molecule has 0 spiro atoms. The van der Waals surface area contributed by atoms with Gasteiger partial charge in [-0.2, -0.15) is 0 Å². The average molecular weight is 347 g/mol. The van der Waals surface area contributed by atoms with Crippen LogP contribution in [0.2, 0.25) is 0 Å². The van der Waals surface area contributed by atoms with Crippen LogP contribution in [0.15, 0.2) is 11.3 Å². The first-order chi connectivity index (χ1) is 12.2. The Hall–Kier alpha value is -2.12. The van der Waals surface area contributed by atoms with Gasteiger partial charge in [0.2, 0.25) is 5.91 Å². The van der Waals surface area contributed by atoms with Gasteiger partial charge in [0.25, 0.3) is 0 Å². The summed E-state index contributed by atoms with van der Waals surface area (Å²) in [7, 11) is 1.76. The lowest BCUT2D eigenvalue weighted by Gasteiger charge is -2.21. The molecule has 138 valence electrons. The van der Waals surface area contributed by atoms with Crippen molar-refractivity contribution in [2.24, 2.45) is 10.9 Å². The van der Waals surface area contributed by atoms with Crippen molar-refractivity contribution in [2.75, 3.05) is 20.1 Å². The van der Waals surface area contributed by atoms with Gasteiger partial charge in [-0.1, -0.05) is 12.8 Å². The van der Waals surface area contributed by atoms with Crippen molar-refractivity contribution in [1.82, 2.24) is 30.3 Å². The topological polar surface area (TPSA) is 87.4 Å². The molecule has 1 unspecified atom stereocenters. The third kappa shape index (κ3) is 4.29. The summed E-state index contributed by atoms with van der Waals surface area (Å²) in [6.07, 6.45) is 7.22. The van der Waals surface area contributed by atoms with Gasteiger partial charge < -0.3 is 20.1 Å². The van der Waals surface area contributed by atoms with Gasteiger partial charge in [0.05, 0.1) is 6.54 Å². The highest BCUT2D eigenvalue weighted by molar-refractivity contribution is 5.81. The van der Waals surface area contributed by atoms with Crippen LogP contribution in [0.25, 0.3) is 0 Å². The molecule has 8 heteroatoms. The number of carbonyl (C=O) groups is 1. The molecule has 8 nitrogen and oxygen atoms in total. The largest absolute Gasteiger partial charge is 0.352 e. The van der Waals surface area contributed by atoms with E-state index in [9.17, 15) is 4.79 Å². The highest BCUT2D eigenvalue weighted by Gasteiger charge is 2.32. The fraction of sp³-hybridized carbons (Fsp3) is 0.765. The third-order valence-corrected chi connectivity index (χ3v) is 5.22. The van der Waals surface area contributed by atoms with Crippen LogP contribution < -0.4 is 10.6 Å². The van der Waals surface area contributed by atoms with Crippen LogP contribution in [0.1, 0.15) is 44.9 Å². The smallest absolute Gasteiger partial charge is 0.225 e. The Morgan fingerprint density at radius 2 is 2.16 bits per heavy atom. The molecule has 1 aromatic rings. The van der Waals surface area contributed by atoms with Gasteiger partial charge in [0, 0.05) is 38.6 Å². The first-order valence-electron chi connectivity index (χ1n) is 9.34. The Bertz CT molecular complexity index is 606. The molecular formula is C17H29N7O. The fourth-order valence-corrected chi connectivity index (χ4v) is 3.74. The maximum atomic E-state index is 12.5. The predicted molar refractivity (Wildman–Crippen MR) is 96.0 cm³/mol. The van der Waals surface area contributed by atoms with Crippen LogP contribution in [-0.4, -0.2) is 57.7 Å². The van der Waals surface area contributed by atoms with Crippen LogP contribution in [0.4, 0.5) is 0 Å². The van der Waals surface area contributed by atoms with Crippen molar-refractivity contribution in [3.63, 3.8) is 0 Å². The molecule has 25 heavy (non-hydrogen) atoms. The summed E-state index contributed by atoms with van der Waals surface area (Å²) in [5, 5.41) is 14.8. The minimum absolute atomic E-state index is 0.251. The number of carbonyl (C=O) groups excluding carboxylic acids is 1. The number of hydrogen-bond acceptors (Lipinski definition) is 4. The first-order valence-corrected chi connectivity index (χ1v) is 9.34. The summed E-state index contributed by atoms with van der Waals surface area (Å²) in [5.41, 5.74) is 0. The summed E-state index contributed by atoms with van der Waals surface area (Å²) >= 11 is 0. The number of hydrogen-bond donors (Lipinski definition) is 2. The Balaban J connectivity index is 1.47. The number of nitrogens with zero attached hydrogens (tertiary/aromatic N) is 5. The predicted octanol–water partition coefficient (Wildman–Crippen LogP) is 0.754. The maximum absolute atomic E-state index is 12.5. The Kier molecular flexibility index (Phi) is 5.88. The summed E-state index contributed by atoms with van der Waals surface area (Å²) in [6.45, 7) is 5.09. The molecule has 1 amide bonds. The van der Waals surface area contributed by atoms with E-state index in [1.807, 2.05) is 9.47 Å². The monoisotopic (exact) mass is 347 g/mol. The molecule has 0 aromatic carbocycles. The molecule has 1 atom stereocenters. The second kappa shape index (κ2) is 8.31. The van der Waals surface area contributed by atoms with Gasteiger partial charge in [-0.15, -0.1) is 10.2 Å². The molecule has 2 aliphatic rings. The summed E-state index contributed by atoms with van der Waals surface area (Å²) in [4.78, 5) is 18.8. The second-order valence-corrected chi connectivity index (χ2v) is 6.85. The van der Waals surface area contributed by atoms with Crippen LogP contribution in [0.5, 0.6) is 0 Å². The minimum atomic E-state index is 0.251. The van der Waals surface area contributed by atoms with Crippen molar-refractivity contribution < 1.29 is 4.79 Å². The molecule has 0 radical (unpaired) electrons. The molecule has 2 fully saturated rings. The zero-order valence-electron chi connectivity index (χ0n) is 15.2. The highest BCUT2D eigenvalue weighted by Crippen LogP contribution is 2.27. The van der Waals surface area contributed by atoms with Gasteiger partial charge in [-0.3, -0.25) is 9.79 Å². The lowest BCUT2D eigenvalue weighted by molar-refractivity contribution is -0.134. The molecule has 1 saturated heterocycles. The number of amides is 1. The van der Waals surface area contributed by atoms with Gasteiger partial charge >= 0.3 is 0 Å². The van der Waals surface area contributed by atoms with Gasteiger partial charge in [0.15, 0.2) is 11.8 Å². The van der Waals surface area contributed by atoms with Crippen LogP contribution >= 0.6 is 0 Å². The number of likely N-dealkylation sites (tertiary alicyclic amines) is 1. The molecule has 2 heterocycles. The lowest BCUT2D eigenvalue weighted by atomic mass is 10.1.